The quantitative estimate of drug-likeness (QED) is 0.740. The van der Waals surface area contributed by atoms with Crippen molar-refractivity contribution in [3.05, 3.63) is 23.2 Å². The van der Waals surface area contributed by atoms with Crippen molar-refractivity contribution in [1.29, 1.82) is 0 Å². The summed E-state index contributed by atoms with van der Waals surface area (Å²) in [5.74, 6) is 1.14. The predicted octanol–water partition coefficient (Wildman–Crippen LogP) is 3.22. The Kier molecular flexibility index (Phi) is 5.98. The van der Waals surface area contributed by atoms with Crippen LogP contribution in [0.4, 0.5) is 5.69 Å². The molecule has 2 N–H and O–H groups in total. The Bertz CT molecular complexity index is 569. The maximum Gasteiger partial charge on any atom is 0.224 e. The molecule has 3 rings (SSSR count). The van der Waals surface area contributed by atoms with E-state index < -0.39 is 0 Å². The second-order valence-corrected chi connectivity index (χ2v) is 7.12. The van der Waals surface area contributed by atoms with Gasteiger partial charge in [0.2, 0.25) is 5.91 Å². The summed E-state index contributed by atoms with van der Waals surface area (Å²) in [7, 11) is 1.62. The average molecular weight is 353 g/mol. The van der Waals surface area contributed by atoms with Gasteiger partial charge in [-0.05, 0) is 49.8 Å². The largest absolute Gasteiger partial charge is 0.490 e. The van der Waals surface area contributed by atoms with Crippen LogP contribution in [-0.2, 0) is 9.53 Å². The molecule has 0 radical (unpaired) electrons. The van der Waals surface area contributed by atoms with Gasteiger partial charge in [0.15, 0.2) is 0 Å². The molecule has 2 bridgehead atoms. The molecule has 2 aliphatic rings. The van der Waals surface area contributed by atoms with Gasteiger partial charge < -0.3 is 20.1 Å². The van der Waals surface area contributed by atoms with E-state index in [1.165, 1.54) is 12.8 Å². The summed E-state index contributed by atoms with van der Waals surface area (Å²) in [6, 6.07) is 6.54. The van der Waals surface area contributed by atoms with Crippen LogP contribution in [0, 0.1) is 5.92 Å². The van der Waals surface area contributed by atoms with Gasteiger partial charge in [0, 0.05) is 31.3 Å². The predicted molar refractivity (Wildman–Crippen MR) is 94.7 cm³/mol. The molecule has 132 valence electrons. The molecule has 0 spiro atoms. The van der Waals surface area contributed by atoms with Crippen molar-refractivity contribution < 1.29 is 14.3 Å². The Morgan fingerprint density at radius 2 is 2.04 bits per heavy atom. The lowest BCUT2D eigenvalue weighted by Crippen LogP contribution is -2.39. The number of amides is 1. The van der Waals surface area contributed by atoms with Crippen molar-refractivity contribution in [1.82, 2.24) is 5.32 Å². The van der Waals surface area contributed by atoms with Gasteiger partial charge in [-0.2, -0.15) is 0 Å². The molecule has 1 aromatic carbocycles. The van der Waals surface area contributed by atoms with Crippen molar-refractivity contribution in [3.63, 3.8) is 0 Å². The van der Waals surface area contributed by atoms with Crippen molar-refractivity contribution in [3.8, 4) is 5.75 Å². The number of hydrogen-bond donors (Lipinski definition) is 2. The number of ether oxygens (including phenoxy) is 2. The van der Waals surface area contributed by atoms with Gasteiger partial charge in [0.25, 0.3) is 0 Å². The molecule has 6 heteroatoms. The number of halogens is 1. The lowest BCUT2D eigenvalue weighted by atomic mass is 9.89. The maximum atomic E-state index is 12.3. The normalized spacial score (nSPS) is 25.5. The second-order valence-electron chi connectivity index (χ2n) is 6.71. The average Bonchev–Trinajstić information content (AvgIpc) is 2.88. The molecular formula is C18H25ClN2O3. The number of piperidine rings is 1. The van der Waals surface area contributed by atoms with Crippen LogP contribution >= 0.6 is 11.6 Å². The maximum absolute atomic E-state index is 12.3. The van der Waals surface area contributed by atoms with Gasteiger partial charge in [-0.1, -0.05) is 11.6 Å². The van der Waals surface area contributed by atoms with Crippen molar-refractivity contribution in [2.24, 2.45) is 5.92 Å². The molecule has 0 aliphatic carbocycles. The van der Waals surface area contributed by atoms with Gasteiger partial charge in [-0.3, -0.25) is 4.79 Å². The van der Waals surface area contributed by atoms with E-state index >= 15 is 0 Å². The molecule has 2 saturated heterocycles. The third-order valence-corrected chi connectivity index (χ3v) is 5.10. The number of carbonyl (C=O) groups excluding carboxylic acids is 1. The highest BCUT2D eigenvalue weighted by Crippen LogP contribution is 2.33. The van der Waals surface area contributed by atoms with Crippen LogP contribution in [0.15, 0.2) is 18.2 Å². The van der Waals surface area contributed by atoms with Gasteiger partial charge in [-0.25, -0.2) is 0 Å². The van der Waals surface area contributed by atoms with Crippen molar-refractivity contribution in [2.45, 2.75) is 44.2 Å². The topological polar surface area (TPSA) is 59.6 Å². The monoisotopic (exact) mass is 352 g/mol. The Morgan fingerprint density at radius 3 is 2.71 bits per heavy atom. The summed E-state index contributed by atoms with van der Waals surface area (Å²) in [5, 5.41) is 7.05. The molecule has 0 aromatic heterocycles. The fourth-order valence-electron chi connectivity index (χ4n) is 3.75. The Balaban J connectivity index is 1.50. The van der Waals surface area contributed by atoms with Gasteiger partial charge in [0.1, 0.15) is 12.4 Å². The van der Waals surface area contributed by atoms with Crippen LogP contribution in [0.5, 0.6) is 5.75 Å². The number of benzene rings is 1. The number of carbonyl (C=O) groups is 1. The number of rotatable bonds is 7. The first-order valence-electron chi connectivity index (χ1n) is 8.61. The summed E-state index contributed by atoms with van der Waals surface area (Å²) in [6.45, 7) is 0.951. The van der Waals surface area contributed by atoms with E-state index in [1.807, 2.05) is 6.07 Å². The van der Waals surface area contributed by atoms with Crippen molar-refractivity contribution >= 4 is 23.2 Å². The van der Waals surface area contributed by atoms with E-state index in [-0.39, 0.29) is 5.91 Å². The minimum Gasteiger partial charge on any atom is -0.490 e. The van der Waals surface area contributed by atoms with Crippen LogP contribution in [0.25, 0.3) is 0 Å². The Morgan fingerprint density at radius 1 is 1.29 bits per heavy atom. The van der Waals surface area contributed by atoms with Crippen LogP contribution in [-0.4, -0.2) is 38.3 Å². The molecular weight excluding hydrogens is 328 g/mol. The number of fused-ring (bicyclic) bond motifs is 2. The highest BCUT2D eigenvalue weighted by molar-refractivity contribution is 6.32. The summed E-state index contributed by atoms with van der Waals surface area (Å²) in [4.78, 5) is 12.3. The van der Waals surface area contributed by atoms with E-state index in [4.69, 9.17) is 21.1 Å². The van der Waals surface area contributed by atoms with E-state index in [2.05, 4.69) is 10.6 Å². The van der Waals surface area contributed by atoms with Gasteiger partial charge in [0.05, 0.1) is 11.6 Å². The fraction of sp³-hybridized carbons (Fsp3) is 0.611. The zero-order valence-corrected chi connectivity index (χ0v) is 14.8. The third kappa shape index (κ3) is 4.62. The lowest BCUT2D eigenvalue weighted by molar-refractivity contribution is -0.117. The molecule has 2 fully saturated rings. The zero-order valence-electron chi connectivity index (χ0n) is 14.0. The number of hydrogen-bond acceptors (Lipinski definition) is 4. The summed E-state index contributed by atoms with van der Waals surface area (Å²) < 4.78 is 10.5. The van der Waals surface area contributed by atoms with Gasteiger partial charge in [-0.15, -0.1) is 0 Å². The minimum absolute atomic E-state index is 0.0606. The van der Waals surface area contributed by atoms with Gasteiger partial charge >= 0.3 is 0 Å². The second kappa shape index (κ2) is 8.19. The number of anilines is 1. The highest BCUT2D eigenvalue weighted by atomic mass is 35.5. The summed E-state index contributed by atoms with van der Waals surface area (Å²) in [5.41, 5.74) is 0.709. The van der Waals surface area contributed by atoms with Crippen LogP contribution in [0.3, 0.4) is 0 Å². The molecule has 5 nitrogen and oxygen atoms in total. The lowest BCUT2D eigenvalue weighted by Gasteiger charge is -2.28. The molecule has 1 aromatic rings. The minimum atomic E-state index is 0.0606. The number of nitrogens with one attached hydrogen (secondary N) is 2. The van der Waals surface area contributed by atoms with E-state index in [9.17, 15) is 4.79 Å². The molecule has 0 saturated carbocycles. The first-order chi connectivity index (χ1) is 11.6. The zero-order chi connectivity index (χ0) is 16.9. The Hall–Kier alpha value is -1.30. The highest BCUT2D eigenvalue weighted by Gasteiger charge is 2.34. The smallest absolute Gasteiger partial charge is 0.224 e. The summed E-state index contributed by atoms with van der Waals surface area (Å²) in [6.07, 6.45) is 5.30. The molecule has 24 heavy (non-hydrogen) atoms. The molecule has 2 atom stereocenters. The first kappa shape index (κ1) is 17.5. The van der Waals surface area contributed by atoms with E-state index in [0.29, 0.717) is 54.1 Å². The van der Waals surface area contributed by atoms with Crippen LogP contribution < -0.4 is 15.4 Å². The summed E-state index contributed by atoms with van der Waals surface area (Å²) >= 11 is 6.20. The molecule has 2 heterocycles. The van der Waals surface area contributed by atoms with Crippen molar-refractivity contribution in [2.75, 3.05) is 25.6 Å². The molecule has 1 amide bonds. The first-order valence-corrected chi connectivity index (χ1v) is 8.99. The van der Waals surface area contributed by atoms with E-state index in [0.717, 1.165) is 12.8 Å². The fourth-order valence-corrected chi connectivity index (χ4v) is 3.98. The molecule has 2 unspecified atom stereocenters. The van der Waals surface area contributed by atoms with Crippen LogP contribution in [0.1, 0.15) is 32.1 Å². The third-order valence-electron chi connectivity index (χ3n) is 4.81. The van der Waals surface area contributed by atoms with Crippen LogP contribution in [0.2, 0.25) is 5.02 Å². The SMILES string of the molecule is COCCOc1ccc(NC(=O)CC2CC3CCC(C2)N3)cc1Cl. The standard InChI is InChI=1S/C18H25ClN2O3/c1-23-6-7-24-17-5-4-15(11-16(17)19)21-18(22)10-12-8-13-2-3-14(9-12)20-13/h4-5,11-14,20H,2-3,6-10H2,1H3,(H,21,22). The number of methoxy groups -OCH3 is 1. The van der Waals surface area contributed by atoms with E-state index in [1.54, 1.807) is 19.2 Å². The Labute approximate surface area is 148 Å². The molecule has 2 aliphatic heterocycles.